The molecule has 0 radical (unpaired) electrons. The zero-order valence-corrected chi connectivity index (χ0v) is 22.7. The van der Waals surface area contributed by atoms with E-state index in [1.165, 1.54) is 12.1 Å². The van der Waals surface area contributed by atoms with Crippen LogP contribution < -0.4 is 24.8 Å². The number of ether oxygens (including phenoxy) is 4. The number of hydrogen-bond donors (Lipinski definition) is 2. The summed E-state index contributed by atoms with van der Waals surface area (Å²) in [7, 11) is 4.79. The number of amides is 2. The molecule has 4 rings (SSSR count). The molecule has 1 saturated heterocycles. The third-order valence-corrected chi connectivity index (χ3v) is 6.88. The average Bonchev–Trinajstić information content (AvgIpc) is 2.93. The molecule has 39 heavy (non-hydrogen) atoms. The van der Waals surface area contributed by atoms with Crippen LogP contribution in [-0.2, 0) is 16.1 Å². The number of halogens is 1. The quantitative estimate of drug-likeness (QED) is 0.442. The van der Waals surface area contributed by atoms with Gasteiger partial charge in [-0.25, -0.2) is 14.0 Å². The number of esters is 1. The van der Waals surface area contributed by atoms with Crippen LogP contribution in [0.25, 0.3) is 0 Å². The third-order valence-electron chi connectivity index (χ3n) is 6.88. The fourth-order valence-electron chi connectivity index (χ4n) is 4.96. The first-order valence-electron chi connectivity index (χ1n) is 12.8. The molecule has 0 spiro atoms. The number of hydrogen-bond acceptors (Lipinski definition) is 8. The van der Waals surface area contributed by atoms with Gasteiger partial charge in [-0.2, -0.15) is 0 Å². The fourth-order valence-corrected chi connectivity index (χ4v) is 4.96. The van der Waals surface area contributed by atoms with E-state index in [2.05, 4.69) is 20.4 Å². The topological polar surface area (TPSA) is 102 Å². The molecule has 0 saturated carbocycles. The Morgan fingerprint density at radius 3 is 2.15 bits per heavy atom. The first-order chi connectivity index (χ1) is 18.9. The van der Waals surface area contributed by atoms with Crippen molar-refractivity contribution in [1.82, 2.24) is 20.4 Å². The minimum Gasteiger partial charge on any atom is -0.493 e. The number of nitrogens with zero attached hydrogens (tertiary/aromatic N) is 2. The van der Waals surface area contributed by atoms with Gasteiger partial charge in [0.15, 0.2) is 11.5 Å². The molecule has 10 nitrogen and oxygen atoms in total. The second-order valence-corrected chi connectivity index (χ2v) is 9.24. The predicted molar refractivity (Wildman–Crippen MR) is 142 cm³/mol. The number of carbonyl (C=O) groups excluding carboxylic acids is 2. The summed E-state index contributed by atoms with van der Waals surface area (Å²) in [6.07, 6.45) is 0. The van der Waals surface area contributed by atoms with E-state index in [9.17, 15) is 14.0 Å². The van der Waals surface area contributed by atoms with Crippen LogP contribution in [0.15, 0.2) is 47.7 Å². The number of methoxy groups -OCH3 is 3. The van der Waals surface area contributed by atoms with Crippen LogP contribution in [0.2, 0.25) is 0 Å². The Balaban J connectivity index is 1.49. The van der Waals surface area contributed by atoms with Crippen molar-refractivity contribution in [2.75, 3.05) is 60.7 Å². The molecule has 210 valence electrons. The van der Waals surface area contributed by atoms with Gasteiger partial charge in [0.2, 0.25) is 5.75 Å². The highest BCUT2D eigenvalue weighted by atomic mass is 19.1. The molecule has 2 amide bonds. The summed E-state index contributed by atoms with van der Waals surface area (Å²) in [6.45, 7) is 5.94. The molecule has 0 aliphatic carbocycles. The molecule has 2 aliphatic rings. The van der Waals surface area contributed by atoms with Gasteiger partial charge < -0.3 is 29.6 Å². The second-order valence-electron chi connectivity index (χ2n) is 9.24. The zero-order valence-electron chi connectivity index (χ0n) is 22.7. The third kappa shape index (κ3) is 6.43. The molecule has 1 atom stereocenters. The van der Waals surface area contributed by atoms with Crippen molar-refractivity contribution in [3.8, 4) is 17.2 Å². The molecule has 2 N–H and O–H groups in total. The lowest BCUT2D eigenvalue weighted by molar-refractivity contribution is -0.139. The van der Waals surface area contributed by atoms with Crippen LogP contribution in [-0.4, -0.2) is 82.5 Å². The monoisotopic (exact) mass is 542 g/mol. The van der Waals surface area contributed by atoms with Crippen LogP contribution in [0.5, 0.6) is 17.2 Å². The fraction of sp³-hybridized carbons (Fsp3) is 0.429. The summed E-state index contributed by atoms with van der Waals surface area (Å²) >= 11 is 0. The first-order valence-corrected chi connectivity index (χ1v) is 12.8. The Morgan fingerprint density at radius 1 is 0.923 bits per heavy atom. The van der Waals surface area contributed by atoms with Crippen LogP contribution in [0.4, 0.5) is 9.18 Å². The average molecular weight is 543 g/mol. The lowest BCUT2D eigenvalue weighted by atomic mass is 9.95. The Labute approximate surface area is 227 Å². The van der Waals surface area contributed by atoms with Crippen LogP contribution in [0, 0.1) is 5.82 Å². The number of carbonyl (C=O) groups is 2. The number of urea groups is 1. The number of piperazine rings is 1. The minimum absolute atomic E-state index is 0.192. The largest absolute Gasteiger partial charge is 0.493 e. The maximum Gasteiger partial charge on any atom is 0.338 e. The van der Waals surface area contributed by atoms with Crippen molar-refractivity contribution < 1.29 is 32.9 Å². The molecule has 2 heterocycles. The van der Waals surface area contributed by atoms with Gasteiger partial charge in [-0.15, -0.1) is 0 Å². The van der Waals surface area contributed by atoms with Crippen LogP contribution in [0.3, 0.4) is 0 Å². The highest BCUT2D eigenvalue weighted by molar-refractivity contribution is 5.95. The van der Waals surface area contributed by atoms with Crippen molar-refractivity contribution >= 4 is 12.0 Å². The van der Waals surface area contributed by atoms with Gasteiger partial charge in [-0.1, -0.05) is 18.2 Å². The smallest absolute Gasteiger partial charge is 0.338 e. The Bertz CT molecular complexity index is 1210. The highest BCUT2D eigenvalue weighted by Gasteiger charge is 2.35. The summed E-state index contributed by atoms with van der Waals surface area (Å²) < 4.78 is 35.4. The van der Waals surface area contributed by atoms with E-state index in [1.54, 1.807) is 40.4 Å². The minimum atomic E-state index is -0.743. The summed E-state index contributed by atoms with van der Waals surface area (Å²) in [4.78, 5) is 30.1. The van der Waals surface area contributed by atoms with Crippen molar-refractivity contribution in [3.05, 3.63) is 64.6 Å². The van der Waals surface area contributed by atoms with Crippen LogP contribution >= 0.6 is 0 Å². The SMILES string of the molecule is CCOC(=O)C1=C(CN2CCN(Cc3ccc(OC)c(OC)c3OC)CC2)NC(=O)N[C@H]1c1ccc(F)cc1. The number of nitrogens with one attached hydrogen (secondary N) is 2. The Hall–Kier alpha value is -3.83. The molecular weight excluding hydrogens is 507 g/mol. The normalized spacial score (nSPS) is 18.3. The maximum absolute atomic E-state index is 13.5. The van der Waals surface area contributed by atoms with Crippen molar-refractivity contribution in [2.24, 2.45) is 0 Å². The molecular formula is C28H35FN4O6. The van der Waals surface area contributed by atoms with Crippen LogP contribution in [0.1, 0.15) is 24.1 Å². The van der Waals surface area contributed by atoms with Crippen molar-refractivity contribution in [2.45, 2.75) is 19.5 Å². The van der Waals surface area contributed by atoms with Crippen molar-refractivity contribution in [1.29, 1.82) is 0 Å². The van der Waals surface area contributed by atoms with Gasteiger partial charge in [0.05, 0.1) is 39.6 Å². The van der Waals surface area contributed by atoms with Gasteiger partial charge in [0, 0.05) is 50.5 Å². The van der Waals surface area contributed by atoms with E-state index in [4.69, 9.17) is 18.9 Å². The van der Waals surface area contributed by atoms with Gasteiger partial charge in [0.1, 0.15) is 5.82 Å². The van der Waals surface area contributed by atoms with E-state index in [0.717, 1.165) is 31.7 Å². The molecule has 2 aromatic rings. The van der Waals surface area contributed by atoms with E-state index >= 15 is 0 Å². The van der Waals surface area contributed by atoms with E-state index in [1.807, 2.05) is 12.1 Å². The van der Waals surface area contributed by atoms with Crippen molar-refractivity contribution in [3.63, 3.8) is 0 Å². The van der Waals surface area contributed by atoms with E-state index < -0.39 is 23.9 Å². The van der Waals surface area contributed by atoms with Gasteiger partial charge in [-0.05, 0) is 30.7 Å². The predicted octanol–water partition coefficient (Wildman–Crippen LogP) is 2.84. The summed E-state index contributed by atoms with van der Waals surface area (Å²) in [5.74, 6) is 0.897. The number of benzene rings is 2. The van der Waals surface area contributed by atoms with E-state index in [-0.39, 0.29) is 6.61 Å². The van der Waals surface area contributed by atoms with Gasteiger partial charge >= 0.3 is 12.0 Å². The lowest BCUT2D eigenvalue weighted by Crippen LogP contribution is -2.51. The Morgan fingerprint density at radius 2 is 1.56 bits per heavy atom. The molecule has 11 heteroatoms. The van der Waals surface area contributed by atoms with E-state index in [0.29, 0.717) is 47.2 Å². The zero-order chi connectivity index (χ0) is 27.9. The molecule has 2 aliphatic heterocycles. The standard InChI is InChI=1S/C28H35FN4O6/c1-5-39-27(34)23-21(30-28(35)31-24(23)18-6-9-20(29)10-7-18)17-33-14-12-32(13-15-33)16-19-8-11-22(36-2)26(38-4)25(19)37-3/h6-11,24H,5,12-17H2,1-4H3,(H2,30,31,35)/t24-/m0/s1. The summed E-state index contributed by atoms with van der Waals surface area (Å²) in [5.41, 5.74) is 2.39. The summed E-state index contributed by atoms with van der Waals surface area (Å²) in [6, 6.07) is 8.40. The van der Waals surface area contributed by atoms with Gasteiger partial charge in [-0.3, -0.25) is 9.80 Å². The maximum atomic E-state index is 13.5. The molecule has 2 aromatic carbocycles. The second kappa shape index (κ2) is 12.8. The molecule has 0 unspecified atom stereocenters. The summed E-state index contributed by atoms with van der Waals surface area (Å²) in [5, 5.41) is 5.59. The molecule has 0 aromatic heterocycles. The highest BCUT2D eigenvalue weighted by Crippen LogP contribution is 2.40. The molecule has 1 fully saturated rings. The molecule has 0 bridgehead atoms. The Kier molecular flexibility index (Phi) is 9.26. The lowest BCUT2D eigenvalue weighted by Gasteiger charge is -2.37. The van der Waals surface area contributed by atoms with Gasteiger partial charge in [0.25, 0.3) is 0 Å². The number of rotatable bonds is 10. The first kappa shape index (κ1) is 28.2.